The van der Waals surface area contributed by atoms with Crippen molar-refractivity contribution < 1.29 is 26.6 Å². The van der Waals surface area contributed by atoms with Crippen LogP contribution in [0.15, 0.2) is 71.6 Å². The molecule has 0 aromatic heterocycles. The molecule has 2 amide bonds. The predicted octanol–water partition coefficient (Wildman–Crippen LogP) is 5.01. The topological polar surface area (TPSA) is 92.8 Å². The van der Waals surface area contributed by atoms with Crippen molar-refractivity contribution in [3.63, 3.8) is 0 Å². The Morgan fingerprint density at radius 1 is 1.09 bits per heavy atom. The molecule has 0 spiro atoms. The summed E-state index contributed by atoms with van der Waals surface area (Å²) in [5.41, 5.74) is 1.04. The summed E-state index contributed by atoms with van der Waals surface area (Å²) in [5, 5.41) is 2.91. The van der Waals surface area contributed by atoms with Crippen LogP contribution in [0.4, 0.5) is 10.1 Å². The van der Waals surface area contributed by atoms with Crippen LogP contribution >= 0.6 is 11.6 Å². The fourth-order valence-electron chi connectivity index (χ4n) is 3.55. The van der Waals surface area contributed by atoms with Crippen molar-refractivity contribution >= 4 is 39.2 Å². The van der Waals surface area contributed by atoms with E-state index in [0.29, 0.717) is 16.3 Å². The molecule has 1 fully saturated rings. The zero-order valence-corrected chi connectivity index (χ0v) is 20.3. The van der Waals surface area contributed by atoms with Gasteiger partial charge in [-0.05, 0) is 73.5 Å². The van der Waals surface area contributed by atoms with E-state index in [-0.39, 0.29) is 40.6 Å². The molecule has 35 heavy (non-hydrogen) atoms. The molecule has 10 heteroatoms. The molecule has 0 atom stereocenters. The van der Waals surface area contributed by atoms with Gasteiger partial charge in [0.25, 0.3) is 5.91 Å². The summed E-state index contributed by atoms with van der Waals surface area (Å²) < 4.78 is 45.0. The second-order valence-corrected chi connectivity index (χ2v) is 10.2. The van der Waals surface area contributed by atoms with Crippen molar-refractivity contribution in [2.75, 3.05) is 5.32 Å². The lowest BCUT2D eigenvalue weighted by Crippen LogP contribution is -2.33. The van der Waals surface area contributed by atoms with Gasteiger partial charge in [-0.2, -0.15) is 8.42 Å². The number of carbonyl (C=O) groups excluding carboxylic acids is 2. The zero-order chi connectivity index (χ0) is 25.2. The van der Waals surface area contributed by atoms with Crippen LogP contribution in [0.5, 0.6) is 5.75 Å². The lowest BCUT2D eigenvalue weighted by Gasteiger charge is -2.24. The van der Waals surface area contributed by atoms with Gasteiger partial charge in [0.1, 0.15) is 16.5 Å². The molecule has 7 nitrogen and oxygen atoms in total. The molecule has 3 aromatic rings. The van der Waals surface area contributed by atoms with Gasteiger partial charge in [-0.3, -0.25) is 9.59 Å². The SMILES string of the molecule is CC(=O)Nc1ccc(S(=O)(=O)Oc2ccc(Cl)cc2CN(C(=O)c2cccc(F)c2)C2CC2)cc1. The number of hydrogen-bond donors (Lipinski definition) is 1. The molecule has 4 rings (SSSR count). The largest absolute Gasteiger partial charge is 0.379 e. The van der Waals surface area contributed by atoms with Gasteiger partial charge in [-0.15, -0.1) is 0 Å². The molecule has 0 radical (unpaired) electrons. The number of halogens is 2. The smallest absolute Gasteiger partial charge is 0.339 e. The third-order valence-electron chi connectivity index (χ3n) is 5.35. The number of anilines is 1. The number of amides is 2. The molecule has 1 aliphatic rings. The van der Waals surface area contributed by atoms with Crippen LogP contribution in [-0.2, 0) is 21.5 Å². The standard InChI is InChI=1S/C25H22ClFN2O5S/c1-16(30)28-21-6-10-23(11-7-21)35(32,33)34-24-12-5-19(26)13-18(24)15-29(22-8-9-22)25(31)17-3-2-4-20(27)14-17/h2-7,10-14,22H,8-9,15H2,1H3,(H,28,30). The van der Waals surface area contributed by atoms with E-state index in [1.807, 2.05) is 0 Å². The highest BCUT2D eigenvalue weighted by atomic mass is 35.5. The van der Waals surface area contributed by atoms with Gasteiger partial charge in [0.05, 0.1) is 6.54 Å². The lowest BCUT2D eigenvalue weighted by atomic mass is 10.1. The molecule has 182 valence electrons. The van der Waals surface area contributed by atoms with Gasteiger partial charge in [-0.25, -0.2) is 4.39 Å². The highest BCUT2D eigenvalue weighted by Gasteiger charge is 2.34. The van der Waals surface area contributed by atoms with Crippen molar-refractivity contribution in [1.29, 1.82) is 0 Å². The Morgan fingerprint density at radius 3 is 2.43 bits per heavy atom. The molecule has 1 aliphatic carbocycles. The molecule has 3 aromatic carbocycles. The third kappa shape index (κ3) is 6.17. The maximum Gasteiger partial charge on any atom is 0.339 e. The summed E-state index contributed by atoms with van der Waals surface area (Å²) >= 11 is 6.17. The normalized spacial score (nSPS) is 13.2. The Balaban J connectivity index is 1.60. The minimum atomic E-state index is -4.22. The highest BCUT2D eigenvalue weighted by molar-refractivity contribution is 7.87. The third-order valence-corrected chi connectivity index (χ3v) is 6.83. The molecule has 0 bridgehead atoms. The van der Waals surface area contributed by atoms with E-state index in [0.717, 1.165) is 12.8 Å². The number of hydrogen-bond acceptors (Lipinski definition) is 5. The van der Waals surface area contributed by atoms with E-state index in [2.05, 4.69) is 5.32 Å². The number of benzene rings is 3. The van der Waals surface area contributed by atoms with Gasteiger partial charge in [0.15, 0.2) is 0 Å². The maximum absolute atomic E-state index is 13.7. The maximum atomic E-state index is 13.7. The Bertz CT molecular complexity index is 1370. The fourth-order valence-corrected chi connectivity index (χ4v) is 4.71. The van der Waals surface area contributed by atoms with Crippen molar-refractivity contribution in [2.24, 2.45) is 0 Å². The lowest BCUT2D eigenvalue weighted by molar-refractivity contribution is -0.114. The van der Waals surface area contributed by atoms with Crippen LogP contribution in [0.1, 0.15) is 35.7 Å². The van der Waals surface area contributed by atoms with Crippen LogP contribution in [-0.4, -0.2) is 31.2 Å². The Kier molecular flexibility index (Phi) is 7.09. The number of carbonyl (C=O) groups is 2. The Morgan fingerprint density at radius 2 is 1.80 bits per heavy atom. The average Bonchev–Trinajstić information content (AvgIpc) is 3.64. The summed E-state index contributed by atoms with van der Waals surface area (Å²) in [5.74, 6) is -1.14. The number of rotatable bonds is 8. The summed E-state index contributed by atoms with van der Waals surface area (Å²) in [7, 11) is -4.22. The molecule has 1 N–H and O–H groups in total. The van der Waals surface area contributed by atoms with E-state index < -0.39 is 15.9 Å². The summed E-state index contributed by atoms with van der Waals surface area (Å²) in [6.07, 6.45) is 1.58. The van der Waals surface area contributed by atoms with Crippen molar-refractivity contribution in [3.8, 4) is 5.75 Å². The molecule has 0 aliphatic heterocycles. The predicted molar refractivity (Wildman–Crippen MR) is 129 cm³/mol. The van der Waals surface area contributed by atoms with Crippen molar-refractivity contribution in [3.05, 3.63) is 88.7 Å². The molecule has 0 saturated heterocycles. The average molecular weight is 517 g/mol. The Labute approximate surface area is 207 Å². The van der Waals surface area contributed by atoms with Crippen LogP contribution < -0.4 is 9.50 Å². The van der Waals surface area contributed by atoms with Gasteiger partial charge < -0.3 is 14.4 Å². The van der Waals surface area contributed by atoms with Gasteiger partial charge in [-0.1, -0.05) is 17.7 Å². The minimum absolute atomic E-state index is 0.0260. The van der Waals surface area contributed by atoms with E-state index in [9.17, 15) is 22.4 Å². The van der Waals surface area contributed by atoms with Crippen LogP contribution in [0.2, 0.25) is 5.02 Å². The van der Waals surface area contributed by atoms with Crippen molar-refractivity contribution in [1.82, 2.24) is 4.90 Å². The first-order valence-corrected chi connectivity index (χ1v) is 12.6. The summed E-state index contributed by atoms with van der Waals surface area (Å²) in [6.45, 7) is 1.38. The molecule has 0 heterocycles. The zero-order valence-electron chi connectivity index (χ0n) is 18.7. The first-order valence-electron chi connectivity index (χ1n) is 10.8. The van der Waals surface area contributed by atoms with Gasteiger partial charge >= 0.3 is 10.1 Å². The highest BCUT2D eigenvalue weighted by Crippen LogP contribution is 2.34. The van der Waals surface area contributed by atoms with E-state index in [1.165, 1.54) is 67.6 Å². The van der Waals surface area contributed by atoms with E-state index in [1.54, 1.807) is 11.0 Å². The van der Waals surface area contributed by atoms with E-state index >= 15 is 0 Å². The fraction of sp³-hybridized carbons (Fsp3) is 0.200. The minimum Gasteiger partial charge on any atom is -0.379 e. The first-order chi connectivity index (χ1) is 16.6. The summed E-state index contributed by atoms with van der Waals surface area (Å²) in [4.78, 5) is 25.8. The van der Waals surface area contributed by atoms with Gasteiger partial charge in [0.2, 0.25) is 5.91 Å². The molecular weight excluding hydrogens is 495 g/mol. The van der Waals surface area contributed by atoms with E-state index in [4.69, 9.17) is 15.8 Å². The van der Waals surface area contributed by atoms with Crippen molar-refractivity contribution in [2.45, 2.75) is 37.2 Å². The number of nitrogens with zero attached hydrogens (tertiary/aromatic N) is 1. The van der Waals surface area contributed by atoms with Gasteiger partial charge in [0, 0.05) is 34.8 Å². The Hall–Kier alpha value is -3.43. The quantitative estimate of drug-likeness (QED) is 0.425. The first kappa shape index (κ1) is 24.7. The second kappa shape index (κ2) is 10.1. The molecule has 1 saturated carbocycles. The molecular formula is C25H22ClFN2O5S. The molecule has 0 unspecified atom stereocenters. The van der Waals surface area contributed by atoms with Crippen LogP contribution in [0.3, 0.4) is 0 Å². The monoisotopic (exact) mass is 516 g/mol. The summed E-state index contributed by atoms with van der Waals surface area (Å²) in [6, 6.07) is 15.4. The van der Waals surface area contributed by atoms with Crippen LogP contribution in [0, 0.1) is 5.82 Å². The number of nitrogens with one attached hydrogen (secondary N) is 1. The van der Waals surface area contributed by atoms with Crippen LogP contribution in [0.25, 0.3) is 0 Å². The second-order valence-electron chi connectivity index (χ2n) is 8.17.